The maximum Gasteiger partial charge on any atom is 0.249 e. The number of ether oxygens (including phenoxy) is 1. The zero-order chi connectivity index (χ0) is 15.5. The first-order valence-electron chi connectivity index (χ1n) is 7.37. The van der Waals surface area contributed by atoms with E-state index in [4.69, 9.17) is 15.0 Å². The monoisotopic (exact) mass is 332 g/mol. The third kappa shape index (κ3) is 4.18. The molecule has 0 bridgehead atoms. The number of carbonyl (C=O) groups excluding carboxylic acids is 1. The van der Waals surface area contributed by atoms with Gasteiger partial charge in [0, 0.05) is 7.11 Å². The van der Waals surface area contributed by atoms with Gasteiger partial charge in [-0.15, -0.1) is 12.4 Å². The summed E-state index contributed by atoms with van der Waals surface area (Å²) in [5.41, 5.74) is 5.84. The second-order valence-corrected chi connectivity index (χ2v) is 6.04. The van der Waals surface area contributed by atoms with Crippen LogP contribution >= 0.6 is 12.4 Å². The van der Waals surface area contributed by atoms with Gasteiger partial charge in [0.1, 0.15) is 12.6 Å². The van der Waals surface area contributed by atoms with Crippen LogP contribution in [0.15, 0.2) is 4.52 Å². The summed E-state index contributed by atoms with van der Waals surface area (Å²) in [7, 11) is 1.48. The third-order valence-corrected chi connectivity index (χ3v) is 3.91. The molecule has 1 aromatic rings. The number of amides is 1. The van der Waals surface area contributed by atoms with Crippen LogP contribution in [-0.4, -0.2) is 29.8 Å². The number of hydrogen-bond donors (Lipinski definition) is 2. The highest BCUT2D eigenvalue weighted by Gasteiger charge is 2.37. The molecule has 0 spiro atoms. The first kappa shape index (κ1) is 18.9. The molecule has 1 amide bonds. The molecule has 1 fully saturated rings. The largest absolute Gasteiger partial charge is 0.375 e. The minimum Gasteiger partial charge on any atom is -0.375 e. The lowest BCUT2D eigenvalue weighted by atomic mass is 9.98. The number of carbonyl (C=O) groups is 1. The predicted octanol–water partition coefficient (Wildman–Crippen LogP) is 1.68. The van der Waals surface area contributed by atoms with Crippen LogP contribution in [0.3, 0.4) is 0 Å². The van der Waals surface area contributed by atoms with Crippen molar-refractivity contribution in [3.05, 3.63) is 11.7 Å². The van der Waals surface area contributed by atoms with E-state index in [-0.39, 0.29) is 36.9 Å². The molecular weight excluding hydrogens is 308 g/mol. The van der Waals surface area contributed by atoms with Gasteiger partial charge in [-0.05, 0) is 18.8 Å². The third-order valence-electron chi connectivity index (χ3n) is 3.91. The molecule has 0 aromatic carbocycles. The summed E-state index contributed by atoms with van der Waals surface area (Å²) in [4.78, 5) is 16.1. The molecule has 1 heterocycles. The van der Waals surface area contributed by atoms with E-state index in [0.717, 1.165) is 25.7 Å². The Morgan fingerprint density at radius 1 is 1.45 bits per heavy atom. The second kappa shape index (κ2) is 7.89. The fourth-order valence-corrected chi connectivity index (χ4v) is 2.65. The molecule has 22 heavy (non-hydrogen) atoms. The number of nitrogens with two attached hydrogens (primary N) is 1. The summed E-state index contributed by atoms with van der Waals surface area (Å²) >= 11 is 0. The lowest BCUT2D eigenvalue weighted by Crippen LogP contribution is -2.36. The van der Waals surface area contributed by atoms with Crippen molar-refractivity contribution in [1.82, 2.24) is 15.5 Å². The van der Waals surface area contributed by atoms with Gasteiger partial charge in [0.2, 0.25) is 11.8 Å². The predicted molar refractivity (Wildman–Crippen MR) is 83.5 cm³/mol. The van der Waals surface area contributed by atoms with E-state index < -0.39 is 5.54 Å². The topological polar surface area (TPSA) is 103 Å². The van der Waals surface area contributed by atoms with Crippen LogP contribution in [0.2, 0.25) is 0 Å². The summed E-state index contributed by atoms with van der Waals surface area (Å²) in [5, 5.41) is 6.88. The van der Waals surface area contributed by atoms with Crippen molar-refractivity contribution >= 4 is 18.3 Å². The van der Waals surface area contributed by atoms with Gasteiger partial charge in [0.15, 0.2) is 5.82 Å². The first-order valence-corrected chi connectivity index (χ1v) is 7.37. The normalized spacial score (nSPS) is 18.0. The average molecular weight is 333 g/mol. The van der Waals surface area contributed by atoms with Crippen molar-refractivity contribution in [2.75, 3.05) is 13.7 Å². The standard InChI is InChI=1S/C14H24N4O3.ClH/c1-9(2)11(16-10(19)8-20-3)12-17-13(18-21-12)14(15)6-4-5-7-14;/h9,11H,4-8,15H2,1-3H3,(H,16,19);1H/t11-;/m0./s1. The Hall–Kier alpha value is -1.18. The van der Waals surface area contributed by atoms with Gasteiger partial charge in [0.05, 0.1) is 5.54 Å². The molecule has 1 aliphatic carbocycles. The molecule has 1 aliphatic rings. The van der Waals surface area contributed by atoms with E-state index >= 15 is 0 Å². The highest BCUT2D eigenvalue weighted by Crippen LogP contribution is 2.35. The van der Waals surface area contributed by atoms with Crippen LogP contribution in [0.4, 0.5) is 0 Å². The minimum atomic E-state index is -0.486. The molecule has 126 valence electrons. The fourth-order valence-electron chi connectivity index (χ4n) is 2.65. The summed E-state index contributed by atoms with van der Waals surface area (Å²) in [6.45, 7) is 3.97. The van der Waals surface area contributed by atoms with Gasteiger partial charge in [-0.3, -0.25) is 4.79 Å². The molecule has 8 heteroatoms. The summed E-state index contributed by atoms with van der Waals surface area (Å²) in [6, 6.07) is -0.334. The Balaban J connectivity index is 0.00000242. The Kier molecular flexibility index (Phi) is 6.77. The molecule has 0 unspecified atom stereocenters. The van der Waals surface area contributed by atoms with E-state index in [2.05, 4.69) is 15.5 Å². The Labute approximate surface area is 136 Å². The Morgan fingerprint density at radius 3 is 2.64 bits per heavy atom. The molecule has 1 saturated carbocycles. The number of hydrogen-bond acceptors (Lipinski definition) is 6. The van der Waals surface area contributed by atoms with Crippen LogP contribution in [0.5, 0.6) is 0 Å². The van der Waals surface area contributed by atoms with Crippen LogP contribution in [0.25, 0.3) is 0 Å². The molecule has 0 saturated heterocycles. The van der Waals surface area contributed by atoms with E-state index in [1.807, 2.05) is 13.8 Å². The van der Waals surface area contributed by atoms with Gasteiger partial charge in [-0.25, -0.2) is 0 Å². The molecule has 0 aliphatic heterocycles. The minimum absolute atomic E-state index is 0. The molecule has 1 atom stereocenters. The van der Waals surface area contributed by atoms with E-state index in [9.17, 15) is 4.79 Å². The number of halogens is 1. The van der Waals surface area contributed by atoms with Gasteiger partial charge in [-0.1, -0.05) is 31.8 Å². The summed E-state index contributed by atoms with van der Waals surface area (Å²) < 4.78 is 10.2. The zero-order valence-corrected chi connectivity index (χ0v) is 14.1. The Morgan fingerprint density at radius 2 is 2.09 bits per heavy atom. The van der Waals surface area contributed by atoms with Crippen molar-refractivity contribution in [1.29, 1.82) is 0 Å². The molecule has 3 N–H and O–H groups in total. The summed E-state index contributed by atoms with van der Waals surface area (Å²) in [6.07, 6.45) is 3.90. The SMILES string of the molecule is COCC(=O)N[C@H](c1nc(C2(N)CCCC2)no1)C(C)C.Cl. The smallest absolute Gasteiger partial charge is 0.249 e. The van der Waals surface area contributed by atoms with Crippen LogP contribution in [0, 0.1) is 5.92 Å². The number of nitrogens with zero attached hydrogens (tertiary/aromatic N) is 2. The first-order chi connectivity index (χ1) is 9.96. The fraction of sp³-hybridized carbons (Fsp3) is 0.786. The molecule has 1 aromatic heterocycles. The number of rotatable bonds is 6. The summed E-state index contributed by atoms with van der Waals surface area (Å²) in [5.74, 6) is 0.860. The van der Waals surface area contributed by atoms with Crippen molar-refractivity contribution in [3.8, 4) is 0 Å². The van der Waals surface area contributed by atoms with Gasteiger partial charge >= 0.3 is 0 Å². The molecule has 2 rings (SSSR count). The van der Waals surface area contributed by atoms with E-state index in [0.29, 0.717) is 11.7 Å². The number of nitrogens with one attached hydrogen (secondary N) is 1. The van der Waals surface area contributed by atoms with Crippen LogP contribution in [0.1, 0.15) is 57.3 Å². The van der Waals surface area contributed by atoms with Crippen molar-refractivity contribution in [2.45, 2.75) is 51.1 Å². The van der Waals surface area contributed by atoms with Crippen molar-refractivity contribution < 1.29 is 14.1 Å². The average Bonchev–Trinajstić information content (AvgIpc) is 3.05. The van der Waals surface area contributed by atoms with Gasteiger partial charge < -0.3 is 20.3 Å². The quantitative estimate of drug-likeness (QED) is 0.821. The molecule has 0 radical (unpaired) electrons. The van der Waals surface area contributed by atoms with E-state index in [1.165, 1.54) is 7.11 Å². The van der Waals surface area contributed by atoms with Crippen LogP contribution in [-0.2, 0) is 15.1 Å². The maximum atomic E-state index is 11.7. The molecule has 7 nitrogen and oxygen atoms in total. The van der Waals surface area contributed by atoms with Gasteiger partial charge in [-0.2, -0.15) is 4.98 Å². The van der Waals surface area contributed by atoms with E-state index in [1.54, 1.807) is 0 Å². The second-order valence-electron chi connectivity index (χ2n) is 6.04. The van der Waals surface area contributed by atoms with Crippen molar-refractivity contribution in [3.63, 3.8) is 0 Å². The lowest BCUT2D eigenvalue weighted by molar-refractivity contribution is -0.126. The highest BCUT2D eigenvalue weighted by atomic mass is 35.5. The highest BCUT2D eigenvalue weighted by molar-refractivity contribution is 5.85. The molecular formula is C14H25ClN4O3. The van der Waals surface area contributed by atoms with Gasteiger partial charge in [0.25, 0.3) is 0 Å². The lowest BCUT2D eigenvalue weighted by Gasteiger charge is -2.19. The Bertz CT molecular complexity index is 486. The number of methoxy groups -OCH3 is 1. The zero-order valence-electron chi connectivity index (χ0n) is 13.3. The van der Waals surface area contributed by atoms with Crippen molar-refractivity contribution in [2.24, 2.45) is 11.7 Å². The number of aromatic nitrogens is 2. The maximum absolute atomic E-state index is 11.7. The van der Waals surface area contributed by atoms with Crippen LogP contribution < -0.4 is 11.1 Å².